The summed E-state index contributed by atoms with van der Waals surface area (Å²) in [5.41, 5.74) is 0.774. The molecular formula is C24H41NO8. The molecule has 0 radical (unpaired) electrons. The highest BCUT2D eigenvalue weighted by Crippen LogP contribution is 2.39. The lowest BCUT2D eigenvalue weighted by atomic mass is 9.76. The Bertz CT molecular complexity index is 683. The molecule has 0 aromatic heterocycles. The van der Waals surface area contributed by atoms with Crippen LogP contribution in [0.25, 0.3) is 0 Å². The third-order valence-electron chi connectivity index (χ3n) is 7.22. The van der Waals surface area contributed by atoms with Crippen molar-refractivity contribution in [2.75, 3.05) is 27.4 Å². The molecule has 2 aliphatic heterocycles. The standard InChI is InChI=1S/C24H41NO8/c1-15-11-24(30-7,33-17(3)16(15)2)21(27)22(28)25-12-18-8-9-23(4,5)20(32-18)10-19(29-6)13-31-14-26/h14,16-21,27H,1,8-13H2,2-7H3,(H,25,28)/t16?,17?,18?,19-,20+,21+,24+/m0/s1. The first-order valence-electron chi connectivity index (χ1n) is 11.6. The van der Waals surface area contributed by atoms with Crippen molar-refractivity contribution in [1.82, 2.24) is 5.32 Å². The zero-order valence-corrected chi connectivity index (χ0v) is 20.8. The lowest BCUT2D eigenvalue weighted by Gasteiger charge is -2.45. The molecule has 2 fully saturated rings. The van der Waals surface area contributed by atoms with E-state index in [-0.39, 0.29) is 55.3 Å². The molecule has 3 unspecified atom stereocenters. The molecule has 2 N–H and O–H groups in total. The van der Waals surface area contributed by atoms with Crippen molar-refractivity contribution in [1.29, 1.82) is 0 Å². The maximum atomic E-state index is 12.8. The van der Waals surface area contributed by atoms with Crippen LogP contribution in [0.5, 0.6) is 0 Å². The van der Waals surface area contributed by atoms with Gasteiger partial charge in [-0.3, -0.25) is 9.59 Å². The number of aliphatic hydroxyl groups is 1. The van der Waals surface area contributed by atoms with Gasteiger partial charge in [0.25, 0.3) is 12.4 Å². The zero-order chi connectivity index (χ0) is 24.8. The fraction of sp³-hybridized carbons (Fsp3) is 0.833. The van der Waals surface area contributed by atoms with Crippen molar-refractivity contribution in [2.24, 2.45) is 11.3 Å². The fourth-order valence-electron chi connectivity index (χ4n) is 4.49. The molecule has 0 aliphatic carbocycles. The van der Waals surface area contributed by atoms with Crippen LogP contribution >= 0.6 is 0 Å². The van der Waals surface area contributed by atoms with Crippen LogP contribution in [0.2, 0.25) is 0 Å². The van der Waals surface area contributed by atoms with Crippen molar-refractivity contribution in [2.45, 2.75) is 89.7 Å². The number of amides is 1. The maximum Gasteiger partial charge on any atom is 0.293 e. The van der Waals surface area contributed by atoms with Gasteiger partial charge in [-0.25, -0.2) is 0 Å². The molecule has 190 valence electrons. The van der Waals surface area contributed by atoms with Crippen molar-refractivity contribution in [3.05, 3.63) is 12.2 Å². The van der Waals surface area contributed by atoms with Gasteiger partial charge in [0.1, 0.15) is 6.61 Å². The van der Waals surface area contributed by atoms with Crippen molar-refractivity contribution in [3.8, 4) is 0 Å². The normalized spacial score (nSPS) is 33.7. The summed E-state index contributed by atoms with van der Waals surface area (Å²) in [5.74, 6) is -1.94. The molecule has 2 rings (SSSR count). The van der Waals surface area contributed by atoms with Gasteiger partial charge in [-0.1, -0.05) is 32.9 Å². The Kier molecular flexibility index (Phi) is 9.87. The summed E-state index contributed by atoms with van der Waals surface area (Å²) < 4.78 is 28.0. The highest BCUT2D eigenvalue weighted by atomic mass is 16.7. The van der Waals surface area contributed by atoms with Crippen molar-refractivity contribution in [3.63, 3.8) is 0 Å². The first-order valence-corrected chi connectivity index (χ1v) is 11.6. The number of nitrogens with one attached hydrogen (secondary N) is 1. The Labute approximate surface area is 197 Å². The second kappa shape index (κ2) is 11.8. The van der Waals surface area contributed by atoms with Crippen LogP contribution < -0.4 is 5.32 Å². The van der Waals surface area contributed by atoms with Gasteiger partial charge in [0, 0.05) is 39.5 Å². The SMILES string of the molecule is C=C1C[C@](OC)([C@H](O)C(=O)NCC2CCC(C)(C)[C@@H](C[C@@H](COC=O)OC)O2)OC(C)C1C. The molecule has 0 bridgehead atoms. The average Bonchev–Trinajstić information content (AvgIpc) is 2.79. The minimum Gasteiger partial charge on any atom is -0.465 e. The van der Waals surface area contributed by atoms with Crippen LogP contribution in [0.3, 0.4) is 0 Å². The summed E-state index contributed by atoms with van der Waals surface area (Å²) >= 11 is 0. The molecule has 0 aromatic rings. The van der Waals surface area contributed by atoms with Gasteiger partial charge >= 0.3 is 0 Å². The lowest BCUT2D eigenvalue weighted by molar-refractivity contribution is -0.297. The molecule has 1 amide bonds. The number of rotatable bonds is 11. The lowest BCUT2D eigenvalue weighted by Crippen LogP contribution is -2.59. The van der Waals surface area contributed by atoms with E-state index in [0.717, 1.165) is 18.4 Å². The van der Waals surface area contributed by atoms with Crippen molar-refractivity contribution < 1.29 is 38.4 Å². The van der Waals surface area contributed by atoms with Gasteiger partial charge in [-0.2, -0.15) is 0 Å². The average molecular weight is 472 g/mol. The molecular weight excluding hydrogens is 430 g/mol. The smallest absolute Gasteiger partial charge is 0.293 e. The Morgan fingerprint density at radius 3 is 2.64 bits per heavy atom. The maximum absolute atomic E-state index is 12.8. The summed E-state index contributed by atoms with van der Waals surface area (Å²) in [6.07, 6.45) is 0.0609. The number of carbonyl (C=O) groups excluding carboxylic acids is 2. The van der Waals surface area contributed by atoms with Gasteiger partial charge in [0.15, 0.2) is 6.10 Å². The summed E-state index contributed by atoms with van der Waals surface area (Å²) in [6.45, 7) is 13.0. The molecule has 0 saturated carbocycles. The number of aliphatic hydroxyl groups excluding tert-OH is 1. The third kappa shape index (κ3) is 6.76. The monoisotopic (exact) mass is 471 g/mol. The predicted octanol–water partition coefficient (Wildman–Crippen LogP) is 1.96. The first-order chi connectivity index (χ1) is 15.5. The highest BCUT2D eigenvalue weighted by Gasteiger charge is 2.49. The molecule has 9 nitrogen and oxygen atoms in total. The van der Waals surface area contributed by atoms with Gasteiger partial charge in [0.2, 0.25) is 5.79 Å². The van der Waals surface area contributed by atoms with Crippen LogP contribution in [0.15, 0.2) is 12.2 Å². The third-order valence-corrected chi connectivity index (χ3v) is 7.22. The van der Waals surface area contributed by atoms with Crippen LogP contribution in [0.1, 0.15) is 53.4 Å². The summed E-state index contributed by atoms with van der Waals surface area (Å²) in [5, 5.41) is 13.6. The van der Waals surface area contributed by atoms with E-state index < -0.39 is 17.8 Å². The van der Waals surface area contributed by atoms with E-state index in [2.05, 4.69) is 25.7 Å². The molecule has 0 aromatic carbocycles. The Morgan fingerprint density at radius 2 is 2.06 bits per heavy atom. The summed E-state index contributed by atoms with van der Waals surface area (Å²) in [7, 11) is 2.99. The summed E-state index contributed by atoms with van der Waals surface area (Å²) in [4.78, 5) is 23.3. The van der Waals surface area contributed by atoms with Crippen LogP contribution in [-0.4, -0.2) is 81.2 Å². The Balaban J connectivity index is 1.96. The molecule has 2 aliphatic rings. The zero-order valence-electron chi connectivity index (χ0n) is 20.8. The molecule has 7 atom stereocenters. The number of carbonyl (C=O) groups is 2. The second-order valence-electron chi connectivity index (χ2n) is 9.91. The Morgan fingerprint density at radius 1 is 1.36 bits per heavy atom. The largest absolute Gasteiger partial charge is 0.465 e. The van der Waals surface area contributed by atoms with E-state index in [1.807, 2.05) is 13.8 Å². The summed E-state index contributed by atoms with van der Waals surface area (Å²) in [6, 6.07) is 0. The highest BCUT2D eigenvalue weighted by molar-refractivity contribution is 5.81. The first kappa shape index (κ1) is 27.7. The van der Waals surface area contributed by atoms with E-state index in [1.165, 1.54) is 7.11 Å². The van der Waals surface area contributed by atoms with Gasteiger partial charge in [0.05, 0.1) is 24.4 Å². The Hall–Kier alpha value is -1.52. The second-order valence-corrected chi connectivity index (χ2v) is 9.91. The van der Waals surface area contributed by atoms with Gasteiger partial charge in [-0.05, 0) is 25.2 Å². The minimum absolute atomic E-state index is 0.0960. The molecule has 33 heavy (non-hydrogen) atoms. The number of hydrogen-bond donors (Lipinski definition) is 2. The predicted molar refractivity (Wildman–Crippen MR) is 121 cm³/mol. The van der Waals surface area contributed by atoms with Crippen LogP contribution in [0, 0.1) is 11.3 Å². The molecule has 9 heteroatoms. The number of ether oxygens (including phenoxy) is 5. The van der Waals surface area contributed by atoms with E-state index in [1.54, 1.807) is 7.11 Å². The topological polar surface area (TPSA) is 113 Å². The van der Waals surface area contributed by atoms with Gasteiger partial charge < -0.3 is 34.1 Å². The van der Waals surface area contributed by atoms with Crippen LogP contribution in [0.4, 0.5) is 0 Å². The molecule has 0 spiro atoms. The number of methoxy groups -OCH3 is 2. The van der Waals surface area contributed by atoms with Crippen molar-refractivity contribution >= 4 is 12.4 Å². The number of hydrogen-bond acceptors (Lipinski definition) is 8. The van der Waals surface area contributed by atoms with E-state index in [9.17, 15) is 14.7 Å². The fourth-order valence-corrected chi connectivity index (χ4v) is 4.49. The van der Waals surface area contributed by atoms with E-state index in [4.69, 9.17) is 23.7 Å². The van der Waals surface area contributed by atoms with E-state index >= 15 is 0 Å². The molecule has 2 heterocycles. The quantitative estimate of drug-likeness (QED) is 0.347. The minimum atomic E-state index is -1.51. The van der Waals surface area contributed by atoms with Crippen LogP contribution in [-0.2, 0) is 33.3 Å². The van der Waals surface area contributed by atoms with Gasteiger partial charge in [-0.15, -0.1) is 0 Å². The van der Waals surface area contributed by atoms with E-state index in [0.29, 0.717) is 12.9 Å². The molecule has 2 saturated heterocycles.